The van der Waals surface area contributed by atoms with Crippen LogP contribution in [-0.4, -0.2) is 0 Å². The second-order valence-corrected chi connectivity index (χ2v) is 5.32. The summed E-state index contributed by atoms with van der Waals surface area (Å²) in [7, 11) is 0. The molecule has 0 spiro atoms. The fourth-order valence-corrected chi connectivity index (χ4v) is 2.30. The summed E-state index contributed by atoms with van der Waals surface area (Å²) >= 11 is 5.75. The van der Waals surface area contributed by atoms with Crippen molar-refractivity contribution in [1.29, 1.82) is 0 Å². The fourth-order valence-electron chi connectivity index (χ4n) is 2.08. The Morgan fingerprint density at radius 3 is 1.70 bits per heavy atom. The molecule has 0 bridgehead atoms. The lowest BCUT2D eigenvalue weighted by atomic mass is 10.0. The lowest BCUT2D eigenvalue weighted by molar-refractivity contribution is 1.60. The highest BCUT2D eigenvalue weighted by Gasteiger charge is 1.94. The van der Waals surface area contributed by atoms with Crippen molar-refractivity contribution in [2.24, 2.45) is 0 Å². The van der Waals surface area contributed by atoms with E-state index in [9.17, 15) is 0 Å². The zero-order valence-electron chi connectivity index (χ0n) is 13.0. The van der Waals surface area contributed by atoms with E-state index in [1.807, 2.05) is 36.4 Å². The van der Waals surface area contributed by atoms with Gasteiger partial charge in [0.25, 0.3) is 0 Å². The van der Waals surface area contributed by atoms with Gasteiger partial charge in [-0.05, 0) is 28.3 Å². The topological polar surface area (TPSA) is 0 Å². The zero-order valence-corrected chi connectivity index (χ0v) is 13.7. The predicted octanol–water partition coefficient (Wildman–Crippen LogP) is 6.98. The van der Waals surface area contributed by atoms with Crippen LogP contribution in [-0.2, 0) is 0 Å². The van der Waals surface area contributed by atoms with Crippen LogP contribution < -0.4 is 0 Å². The maximum Gasteiger partial charge on any atom is 0.0478 e. The van der Waals surface area contributed by atoms with Gasteiger partial charge in [0.1, 0.15) is 0 Å². The molecule has 0 aliphatic carbocycles. The predicted molar refractivity (Wildman–Crippen MR) is 104 cm³/mol. The molecule has 3 rings (SSSR count). The number of hydrogen-bond acceptors (Lipinski definition) is 0. The Balaban J connectivity index is 0.000000185. The second kappa shape index (κ2) is 8.77. The second-order valence-electron chi connectivity index (χ2n) is 4.92. The third-order valence-corrected chi connectivity index (χ3v) is 3.72. The number of halogens is 1. The molecule has 3 aromatic carbocycles. The van der Waals surface area contributed by atoms with E-state index in [2.05, 4.69) is 61.7 Å². The van der Waals surface area contributed by atoms with Gasteiger partial charge in [0.05, 0.1) is 0 Å². The molecule has 0 amide bonds. The Labute approximate surface area is 143 Å². The van der Waals surface area contributed by atoms with Crippen LogP contribution in [0.15, 0.2) is 92.0 Å². The zero-order chi connectivity index (χ0) is 16.5. The van der Waals surface area contributed by atoms with Crippen LogP contribution in [0.3, 0.4) is 0 Å². The maximum atomic E-state index is 5.75. The smallest absolute Gasteiger partial charge is 0.0478 e. The van der Waals surface area contributed by atoms with E-state index in [1.165, 1.54) is 11.1 Å². The molecule has 0 unspecified atom stereocenters. The van der Waals surface area contributed by atoms with E-state index in [0.717, 1.165) is 16.1 Å². The molecule has 0 aliphatic rings. The van der Waals surface area contributed by atoms with Crippen molar-refractivity contribution in [3.63, 3.8) is 0 Å². The summed E-state index contributed by atoms with van der Waals surface area (Å²) in [4.78, 5) is 0. The molecule has 1 heteroatoms. The maximum absolute atomic E-state index is 5.75. The van der Waals surface area contributed by atoms with Crippen molar-refractivity contribution < 1.29 is 0 Å². The highest BCUT2D eigenvalue weighted by molar-refractivity contribution is 6.32. The first-order chi connectivity index (χ1) is 11.2. The van der Waals surface area contributed by atoms with Gasteiger partial charge in [-0.3, -0.25) is 0 Å². The molecule has 0 atom stereocenters. The van der Waals surface area contributed by atoms with E-state index in [0.29, 0.717) is 0 Å². The molecule has 114 valence electrons. The van der Waals surface area contributed by atoms with Crippen LogP contribution >= 0.6 is 11.6 Å². The largest absolute Gasteiger partial charge is 0.0985 e. The van der Waals surface area contributed by atoms with Gasteiger partial charge in [-0.2, -0.15) is 0 Å². The Hall–Kier alpha value is -2.57. The first-order valence-corrected chi connectivity index (χ1v) is 7.77. The van der Waals surface area contributed by atoms with Crippen molar-refractivity contribution in [1.82, 2.24) is 0 Å². The quantitative estimate of drug-likeness (QED) is 0.488. The van der Waals surface area contributed by atoms with Gasteiger partial charge < -0.3 is 0 Å². The highest BCUT2D eigenvalue weighted by Crippen LogP contribution is 2.19. The normalized spacial score (nSPS) is 9.43. The molecule has 3 aromatic rings. The Kier molecular flexibility index (Phi) is 6.40. The van der Waals surface area contributed by atoms with Crippen LogP contribution in [0, 0.1) is 0 Å². The van der Waals surface area contributed by atoms with Gasteiger partial charge >= 0.3 is 0 Å². The van der Waals surface area contributed by atoms with Gasteiger partial charge in [-0.15, -0.1) is 0 Å². The van der Waals surface area contributed by atoms with E-state index in [-0.39, 0.29) is 0 Å². The fraction of sp³-hybridized carbons (Fsp3) is 0. The summed E-state index contributed by atoms with van der Waals surface area (Å²) in [5, 5.41) is 0.757. The molecular weight excluding hydrogens is 300 g/mol. The van der Waals surface area contributed by atoms with E-state index < -0.39 is 0 Å². The molecule has 0 fully saturated rings. The summed E-state index contributed by atoms with van der Waals surface area (Å²) in [6, 6.07) is 26.4. The molecule has 0 N–H and O–H groups in total. The molecule has 0 aliphatic heterocycles. The minimum Gasteiger partial charge on any atom is -0.0985 e. The van der Waals surface area contributed by atoms with Crippen molar-refractivity contribution in [3.8, 4) is 11.1 Å². The summed E-state index contributed by atoms with van der Waals surface area (Å²) < 4.78 is 0. The van der Waals surface area contributed by atoms with E-state index in [1.54, 1.807) is 6.08 Å². The minimum atomic E-state index is 0.757. The summed E-state index contributed by atoms with van der Waals surface area (Å²) in [5.74, 6) is 0. The molecule has 0 aromatic heterocycles. The van der Waals surface area contributed by atoms with E-state index in [4.69, 9.17) is 11.6 Å². The molecule has 0 saturated heterocycles. The molecule has 23 heavy (non-hydrogen) atoms. The van der Waals surface area contributed by atoms with Gasteiger partial charge in [-0.1, -0.05) is 110 Å². The van der Waals surface area contributed by atoms with Gasteiger partial charge in [0.15, 0.2) is 0 Å². The lowest BCUT2D eigenvalue weighted by Gasteiger charge is -2.01. The van der Waals surface area contributed by atoms with Gasteiger partial charge in [-0.25, -0.2) is 0 Å². The molecular formula is C22H19Cl. The number of rotatable bonds is 3. The van der Waals surface area contributed by atoms with Crippen LogP contribution in [0.1, 0.15) is 11.1 Å². The first kappa shape index (κ1) is 16.8. The molecule has 0 radical (unpaired) electrons. The van der Waals surface area contributed by atoms with Crippen LogP contribution in [0.2, 0.25) is 5.02 Å². The number of benzene rings is 3. The number of hydrogen-bond donors (Lipinski definition) is 0. The van der Waals surface area contributed by atoms with Crippen molar-refractivity contribution in [2.75, 3.05) is 0 Å². The monoisotopic (exact) mass is 318 g/mol. The average molecular weight is 319 g/mol. The summed E-state index contributed by atoms with van der Waals surface area (Å²) in [5.41, 5.74) is 4.64. The van der Waals surface area contributed by atoms with Gasteiger partial charge in [0.2, 0.25) is 0 Å². The van der Waals surface area contributed by atoms with E-state index >= 15 is 0 Å². The van der Waals surface area contributed by atoms with Crippen molar-refractivity contribution >= 4 is 23.8 Å². The molecule has 0 heterocycles. The van der Waals surface area contributed by atoms with Crippen molar-refractivity contribution in [3.05, 3.63) is 108 Å². The SMILES string of the molecule is C=Cc1ccc(-c2ccccc2)cc1.C=Cc1ccccc1Cl. The Morgan fingerprint density at radius 1 is 0.609 bits per heavy atom. The summed E-state index contributed by atoms with van der Waals surface area (Å²) in [6.07, 6.45) is 3.59. The van der Waals surface area contributed by atoms with Crippen LogP contribution in [0.5, 0.6) is 0 Å². The minimum absolute atomic E-state index is 0.757. The standard InChI is InChI=1S/C14H12.C8H7Cl/c1-2-12-8-10-14(11-9-12)13-6-4-3-5-7-13;1-2-7-5-3-4-6-8(7)9/h2-11H,1H2;2-6H,1H2. The lowest BCUT2D eigenvalue weighted by Crippen LogP contribution is -1.76. The third-order valence-electron chi connectivity index (χ3n) is 3.38. The third kappa shape index (κ3) is 4.98. The molecule has 0 saturated carbocycles. The average Bonchev–Trinajstić information content (AvgIpc) is 2.63. The summed E-state index contributed by atoms with van der Waals surface area (Å²) in [6.45, 7) is 7.34. The van der Waals surface area contributed by atoms with Crippen LogP contribution in [0.25, 0.3) is 23.3 Å². The molecule has 0 nitrogen and oxygen atoms in total. The Bertz CT molecular complexity index is 755. The van der Waals surface area contributed by atoms with Gasteiger partial charge in [0, 0.05) is 5.02 Å². The first-order valence-electron chi connectivity index (χ1n) is 7.39. The van der Waals surface area contributed by atoms with Crippen molar-refractivity contribution in [2.45, 2.75) is 0 Å². The van der Waals surface area contributed by atoms with Crippen LogP contribution in [0.4, 0.5) is 0 Å². The highest BCUT2D eigenvalue weighted by atomic mass is 35.5. The Morgan fingerprint density at radius 2 is 1.17 bits per heavy atom.